The zero-order valence-electron chi connectivity index (χ0n) is 24.1. The van der Waals surface area contributed by atoms with E-state index in [1.54, 1.807) is 18.5 Å². The molecule has 3 aliphatic rings. The molecule has 0 saturated carbocycles. The molecule has 2 atom stereocenters. The van der Waals surface area contributed by atoms with Crippen LogP contribution in [-0.2, 0) is 9.47 Å². The van der Waals surface area contributed by atoms with Crippen LogP contribution in [0.2, 0.25) is 0 Å². The van der Waals surface area contributed by atoms with Crippen molar-refractivity contribution in [2.24, 2.45) is 5.41 Å². The van der Waals surface area contributed by atoms with Gasteiger partial charge in [0.2, 0.25) is 0 Å². The van der Waals surface area contributed by atoms with E-state index in [4.69, 9.17) is 9.47 Å². The van der Waals surface area contributed by atoms with Crippen LogP contribution in [0.15, 0.2) is 43.0 Å². The highest BCUT2D eigenvalue weighted by molar-refractivity contribution is 6.06. The minimum atomic E-state index is -0.466. The Morgan fingerprint density at radius 3 is 2.56 bits per heavy atom. The first kappa shape index (κ1) is 27.6. The molecule has 5 heterocycles. The van der Waals surface area contributed by atoms with Gasteiger partial charge in [-0.25, -0.2) is 19.7 Å². The standard InChI is InChI=1S/C30H39N7O4/c1-29(2,3)41-28(39)36-15-12-30(13-16-36)11-14-35(18-30)17-22-9-10-23(40-22)37-20-33-24-25(31-19-32-26(24)37)34-27(38)21-7-5-4-6-8-21/h4-8,19-20,22-23H,9-18H2,1-3H3,(H,31,32,34,38). The van der Waals surface area contributed by atoms with Crippen molar-refractivity contribution in [2.75, 3.05) is 38.0 Å². The molecular formula is C30H39N7O4. The number of piperidine rings is 1. The zero-order valence-corrected chi connectivity index (χ0v) is 24.1. The van der Waals surface area contributed by atoms with Gasteiger partial charge in [-0.15, -0.1) is 0 Å². The third kappa shape index (κ3) is 6.06. The number of nitrogens with one attached hydrogen (secondary N) is 1. The number of hydrogen-bond acceptors (Lipinski definition) is 8. The largest absolute Gasteiger partial charge is 0.444 e. The number of carbonyl (C=O) groups excluding carboxylic acids is 2. The molecule has 3 saturated heterocycles. The van der Waals surface area contributed by atoms with Crippen molar-refractivity contribution >= 4 is 29.0 Å². The first-order valence-electron chi connectivity index (χ1n) is 14.6. The maximum absolute atomic E-state index is 12.7. The number of ether oxygens (including phenoxy) is 2. The van der Waals surface area contributed by atoms with Gasteiger partial charge in [-0.05, 0) is 77.0 Å². The molecule has 218 valence electrons. The number of likely N-dealkylation sites (tertiary alicyclic amines) is 2. The van der Waals surface area contributed by atoms with Crippen LogP contribution in [-0.4, -0.2) is 85.7 Å². The number of imidazole rings is 1. The monoisotopic (exact) mass is 561 g/mol. The number of amides is 2. The van der Waals surface area contributed by atoms with Gasteiger partial charge in [-0.2, -0.15) is 0 Å². The quantitative estimate of drug-likeness (QED) is 0.485. The SMILES string of the molecule is CC(C)(C)OC(=O)N1CCC2(CCN(CC3CCC(n4cnc5c(NC(=O)c6ccccc6)ncnc54)O3)C2)CC1. The second-order valence-electron chi connectivity index (χ2n) is 12.6. The van der Waals surface area contributed by atoms with Crippen molar-refractivity contribution in [3.05, 3.63) is 48.5 Å². The maximum atomic E-state index is 12.7. The third-order valence-corrected chi connectivity index (χ3v) is 8.48. The second-order valence-corrected chi connectivity index (χ2v) is 12.6. The number of hydrogen-bond donors (Lipinski definition) is 1. The van der Waals surface area contributed by atoms with E-state index in [0.29, 0.717) is 22.5 Å². The summed E-state index contributed by atoms with van der Waals surface area (Å²) in [5.74, 6) is 0.147. The molecule has 2 aromatic heterocycles. The van der Waals surface area contributed by atoms with Gasteiger partial charge in [0.05, 0.1) is 12.4 Å². The molecule has 11 heteroatoms. The molecular weight excluding hydrogens is 522 g/mol. The van der Waals surface area contributed by atoms with Gasteiger partial charge in [0.15, 0.2) is 17.0 Å². The van der Waals surface area contributed by atoms with Crippen LogP contribution in [0.25, 0.3) is 11.2 Å². The second kappa shape index (κ2) is 11.0. The Balaban J connectivity index is 1.03. The summed E-state index contributed by atoms with van der Waals surface area (Å²) in [6.45, 7) is 10.2. The molecule has 1 aromatic carbocycles. The molecule has 0 bridgehead atoms. The third-order valence-electron chi connectivity index (χ3n) is 8.48. The lowest BCUT2D eigenvalue weighted by Gasteiger charge is -2.39. The van der Waals surface area contributed by atoms with Crippen molar-refractivity contribution in [2.45, 2.75) is 70.8 Å². The summed E-state index contributed by atoms with van der Waals surface area (Å²) < 4.78 is 14.0. The van der Waals surface area contributed by atoms with Crippen molar-refractivity contribution in [1.29, 1.82) is 0 Å². The van der Waals surface area contributed by atoms with Crippen LogP contribution < -0.4 is 5.32 Å². The molecule has 6 rings (SSSR count). The van der Waals surface area contributed by atoms with E-state index in [1.165, 1.54) is 6.33 Å². The first-order valence-corrected chi connectivity index (χ1v) is 14.6. The van der Waals surface area contributed by atoms with Gasteiger partial charge >= 0.3 is 6.09 Å². The van der Waals surface area contributed by atoms with E-state index >= 15 is 0 Å². The van der Waals surface area contributed by atoms with Crippen LogP contribution in [0.5, 0.6) is 0 Å². The highest BCUT2D eigenvalue weighted by Gasteiger charge is 2.43. The Labute approximate surface area is 240 Å². The predicted molar refractivity (Wildman–Crippen MR) is 153 cm³/mol. The Hall–Kier alpha value is -3.57. The van der Waals surface area contributed by atoms with Crippen LogP contribution in [0, 0.1) is 5.41 Å². The topological polar surface area (TPSA) is 115 Å². The highest BCUT2D eigenvalue weighted by Crippen LogP contribution is 2.41. The molecule has 0 radical (unpaired) electrons. The minimum Gasteiger partial charge on any atom is -0.444 e. The smallest absolute Gasteiger partial charge is 0.410 e. The Morgan fingerprint density at radius 2 is 1.80 bits per heavy atom. The van der Waals surface area contributed by atoms with E-state index in [-0.39, 0.29) is 29.7 Å². The van der Waals surface area contributed by atoms with Crippen molar-refractivity contribution < 1.29 is 19.1 Å². The van der Waals surface area contributed by atoms with E-state index < -0.39 is 5.60 Å². The van der Waals surface area contributed by atoms with Gasteiger partial charge in [-0.1, -0.05) is 18.2 Å². The summed E-state index contributed by atoms with van der Waals surface area (Å²) in [5.41, 5.74) is 1.55. The molecule has 3 fully saturated rings. The molecule has 1 spiro atoms. The van der Waals surface area contributed by atoms with Crippen molar-refractivity contribution in [3.8, 4) is 0 Å². The lowest BCUT2D eigenvalue weighted by atomic mass is 9.78. The fourth-order valence-corrected chi connectivity index (χ4v) is 6.32. The number of fused-ring (bicyclic) bond motifs is 1. The van der Waals surface area contributed by atoms with E-state index in [0.717, 1.165) is 64.8 Å². The van der Waals surface area contributed by atoms with E-state index in [2.05, 4.69) is 25.2 Å². The van der Waals surface area contributed by atoms with Gasteiger partial charge in [0, 0.05) is 31.7 Å². The maximum Gasteiger partial charge on any atom is 0.410 e. The average molecular weight is 562 g/mol. The van der Waals surface area contributed by atoms with Gasteiger partial charge in [0.25, 0.3) is 5.91 Å². The molecule has 1 N–H and O–H groups in total. The zero-order chi connectivity index (χ0) is 28.6. The molecule has 2 unspecified atom stereocenters. The lowest BCUT2D eigenvalue weighted by Crippen LogP contribution is -2.46. The number of nitrogens with zero attached hydrogens (tertiary/aromatic N) is 6. The molecule has 2 amide bonds. The van der Waals surface area contributed by atoms with Crippen molar-refractivity contribution in [3.63, 3.8) is 0 Å². The average Bonchev–Trinajstić information content (AvgIpc) is 3.68. The van der Waals surface area contributed by atoms with Crippen molar-refractivity contribution in [1.82, 2.24) is 29.3 Å². The number of benzene rings is 1. The Kier molecular flexibility index (Phi) is 7.41. The van der Waals surface area contributed by atoms with Gasteiger partial charge < -0.3 is 24.6 Å². The normalized spacial score (nSPS) is 22.9. The fourth-order valence-electron chi connectivity index (χ4n) is 6.32. The number of anilines is 1. The lowest BCUT2D eigenvalue weighted by molar-refractivity contribution is -0.0117. The Morgan fingerprint density at radius 1 is 1.05 bits per heavy atom. The molecule has 0 aliphatic carbocycles. The number of carbonyl (C=O) groups is 2. The first-order chi connectivity index (χ1) is 19.7. The Bertz CT molecular complexity index is 1390. The van der Waals surface area contributed by atoms with Gasteiger partial charge in [0.1, 0.15) is 18.2 Å². The summed E-state index contributed by atoms with van der Waals surface area (Å²) in [6, 6.07) is 9.03. The van der Waals surface area contributed by atoms with Gasteiger partial charge in [-0.3, -0.25) is 9.36 Å². The fraction of sp³-hybridized carbons (Fsp3) is 0.567. The predicted octanol–water partition coefficient (Wildman–Crippen LogP) is 4.48. The van der Waals surface area contributed by atoms with E-state index in [9.17, 15) is 9.59 Å². The summed E-state index contributed by atoms with van der Waals surface area (Å²) >= 11 is 0. The summed E-state index contributed by atoms with van der Waals surface area (Å²) in [4.78, 5) is 42.8. The summed E-state index contributed by atoms with van der Waals surface area (Å²) in [7, 11) is 0. The van der Waals surface area contributed by atoms with Crippen LogP contribution in [0.3, 0.4) is 0 Å². The van der Waals surface area contributed by atoms with Crippen LogP contribution >= 0.6 is 0 Å². The molecule has 3 aliphatic heterocycles. The summed E-state index contributed by atoms with van der Waals surface area (Å²) in [5, 5.41) is 2.87. The van der Waals surface area contributed by atoms with E-state index in [1.807, 2.05) is 48.4 Å². The number of aromatic nitrogens is 4. The number of rotatable bonds is 5. The molecule has 11 nitrogen and oxygen atoms in total. The summed E-state index contributed by atoms with van der Waals surface area (Å²) in [6.07, 6.45) is 7.97. The van der Waals surface area contributed by atoms with Crippen LogP contribution in [0.4, 0.5) is 10.6 Å². The molecule has 41 heavy (non-hydrogen) atoms. The van der Waals surface area contributed by atoms with Crippen LogP contribution in [0.1, 0.15) is 69.5 Å². The molecule has 3 aromatic rings. The minimum absolute atomic E-state index is 0.133. The highest BCUT2D eigenvalue weighted by atomic mass is 16.6.